The summed E-state index contributed by atoms with van der Waals surface area (Å²) in [5.41, 5.74) is 2.93. The highest BCUT2D eigenvalue weighted by Crippen LogP contribution is 2.33. The lowest BCUT2D eigenvalue weighted by Crippen LogP contribution is -2.38. The fraction of sp³-hybridized carbons (Fsp3) is 0.235. The zero-order chi connectivity index (χ0) is 14.8. The molecule has 3 rings (SSSR count). The van der Waals surface area contributed by atoms with Gasteiger partial charge >= 0.3 is 0 Å². The molecule has 4 nitrogen and oxygen atoms in total. The number of carbonyl (C=O) groups excluding carboxylic acids is 1. The van der Waals surface area contributed by atoms with E-state index >= 15 is 0 Å². The fourth-order valence-electron chi connectivity index (χ4n) is 2.57. The zero-order valence-corrected chi connectivity index (χ0v) is 11.8. The smallest absolute Gasteiger partial charge is 0.265 e. The second-order valence-corrected chi connectivity index (χ2v) is 5.10. The van der Waals surface area contributed by atoms with Crippen LogP contribution in [0.25, 0.3) is 0 Å². The molecule has 1 amide bonds. The van der Waals surface area contributed by atoms with Gasteiger partial charge in [-0.2, -0.15) is 0 Å². The molecule has 0 saturated carbocycles. The van der Waals surface area contributed by atoms with Crippen molar-refractivity contribution in [1.29, 1.82) is 0 Å². The van der Waals surface area contributed by atoms with E-state index in [1.165, 1.54) is 17.7 Å². The summed E-state index contributed by atoms with van der Waals surface area (Å²) < 4.78 is 5.76. The predicted molar refractivity (Wildman–Crippen MR) is 80.7 cm³/mol. The molecule has 4 heteroatoms. The van der Waals surface area contributed by atoms with Crippen molar-refractivity contribution in [3.63, 3.8) is 0 Å². The number of anilines is 1. The predicted octanol–water partition coefficient (Wildman–Crippen LogP) is 2.90. The van der Waals surface area contributed by atoms with Crippen molar-refractivity contribution in [2.75, 3.05) is 5.32 Å². The summed E-state index contributed by atoms with van der Waals surface area (Å²) in [5.74, 6) is 0.477. The van der Waals surface area contributed by atoms with E-state index < -0.39 is 6.10 Å². The number of fused-ring (bicyclic) bond motifs is 1. The lowest BCUT2D eigenvalue weighted by Gasteiger charge is -2.26. The van der Waals surface area contributed by atoms with E-state index in [0.717, 1.165) is 12.0 Å². The van der Waals surface area contributed by atoms with Crippen LogP contribution in [0.15, 0.2) is 42.5 Å². The standard InChI is InChI=1S/C17H17NO3/c1-2-11-5-3-4-6-12(11)9-16-17(20)18-14-8-7-13(19)10-15(14)21-16/h3-8,10,16,19H,2,9H2,1H3,(H,18,20). The quantitative estimate of drug-likeness (QED) is 0.852. The minimum Gasteiger partial charge on any atom is -0.508 e. The number of aryl methyl sites for hydroxylation is 1. The highest BCUT2D eigenvalue weighted by molar-refractivity contribution is 5.98. The molecule has 1 unspecified atom stereocenters. The number of ether oxygens (including phenoxy) is 1. The molecule has 0 spiro atoms. The van der Waals surface area contributed by atoms with Crippen LogP contribution in [0, 0.1) is 0 Å². The molecule has 108 valence electrons. The molecule has 0 saturated heterocycles. The molecule has 0 aromatic heterocycles. The van der Waals surface area contributed by atoms with E-state index in [0.29, 0.717) is 17.9 Å². The van der Waals surface area contributed by atoms with E-state index in [2.05, 4.69) is 18.3 Å². The van der Waals surface area contributed by atoms with Gasteiger partial charge in [-0.25, -0.2) is 0 Å². The molecule has 0 bridgehead atoms. The second kappa shape index (κ2) is 5.48. The van der Waals surface area contributed by atoms with Crippen LogP contribution in [0.1, 0.15) is 18.1 Å². The number of phenols is 1. The van der Waals surface area contributed by atoms with Crippen LogP contribution < -0.4 is 10.1 Å². The highest BCUT2D eigenvalue weighted by atomic mass is 16.5. The van der Waals surface area contributed by atoms with Gasteiger partial charge in [0.05, 0.1) is 5.69 Å². The van der Waals surface area contributed by atoms with Crippen LogP contribution in [-0.2, 0) is 17.6 Å². The van der Waals surface area contributed by atoms with Gasteiger partial charge in [0.15, 0.2) is 6.10 Å². The molecule has 1 atom stereocenters. The maximum atomic E-state index is 12.1. The maximum Gasteiger partial charge on any atom is 0.265 e. The Morgan fingerprint density at radius 3 is 2.71 bits per heavy atom. The van der Waals surface area contributed by atoms with Crippen molar-refractivity contribution in [3.8, 4) is 11.5 Å². The first-order chi connectivity index (χ1) is 10.2. The minimum atomic E-state index is -0.577. The molecule has 21 heavy (non-hydrogen) atoms. The lowest BCUT2D eigenvalue weighted by molar-refractivity contribution is -0.123. The first-order valence-corrected chi connectivity index (χ1v) is 7.04. The van der Waals surface area contributed by atoms with Gasteiger partial charge < -0.3 is 15.2 Å². The Labute approximate surface area is 123 Å². The number of benzene rings is 2. The summed E-state index contributed by atoms with van der Waals surface area (Å²) >= 11 is 0. The van der Waals surface area contributed by atoms with E-state index in [1.54, 1.807) is 6.07 Å². The lowest BCUT2D eigenvalue weighted by atomic mass is 9.99. The van der Waals surface area contributed by atoms with Gasteiger partial charge in [0, 0.05) is 12.5 Å². The van der Waals surface area contributed by atoms with Gasteiger partial charge in [0.2, 0.25) is 0 Å². The SMILES string of the molecule is CCc1ccccc1CC1Oc2cc(O)ccc2NC1=O. The zero-order valence-electron chi connectivity index (χ0n) is 11.8. The molecule has 1 heterocycles. The molecule has 0 aliphatic carbocycles. The molecule has 1 aliphatic heterocycles. The van der Waals surface area contributed by atoms with Gasteiger partial charge in [0.25, 0.3) is 5.91 Å². The van der Waals surface area contributed by atoms with Gasteiger partial charge in [-0.15, -0.1) is 0 Å². The van der Waals surface area contributed by atoms with Crippen LogP contribution >= 0.6 is 0 Å². The molecule has 2 aromatic carbocycles. The Morgan fingerprint density at radius 1 is 1.19 bits per heavy atom. The normalized spacial score (nSPS) is 16.8. The topological polar surface area (TPSA) is 58.6 Å². The minimum absolute atomic E-state index is 0.123. The van der Waals surface area contributed by atoms with E-state index in [4.69, 9.17) is 4.74 Å². The van der Waals surface area contributed by atoms with Gasteiger partial charge in [-0.3, -0.25) is 4.79 Å². The van der Waals surface area contributed by atoms with Crippen molar-refractivity contribution in [2.24, 2.45) is 0 Å². The van der Waals surface area contributed by atoms with Crippen molar-refractivity contribution >= 4 is 11.6 Å². The summed E-state index contributed by atoms with van der Waals surface area (Å²) in [6, 6.07) is 12.7. The first kappa shape index (κ1) is 13.5. The van der Waals surface area contributed by atoms with Crippen LogP contribution in [-0.4, -0.2) is 17.1 Å². The number of carbonyl (C=O) groups is 1. The summed E-state index contributed by atoms with van der Waals surface area (Å²) in [6.45, 7) is 2.09. The number of hydrogen-bond donors (Lipinski definition) is 2. The maximum absolute atomic E-state index is 12.1. The molecular formula is C17H17NO3. The Kier molecular flexibility index (Phi) is 3.52. The number of phenolic OH excluding ortho intramolecular Hbond substituents is 1. The number of aromatic hydroxyl groups is 1. The van der Waals surface area contributed by atoms with Crippen LogP contribution in [0.3, 0.4) is 0 Å². The third kappa shape index (κ3) is 2.70. The average Bonchev–Trinajstić information content (AvgIpc) is 2.49. The third-order valence-corrected chi connectivity index (χ3v) is 3.69. The van der Waals surface area contributed by atoms with Crippen LogP contribution in [0.4, 0.5) is 5.69 Å². The summed E-state index contributed by atoms with van der Waals surface area (Å²) in [6.07, 6.45) is 0.860. The van der Waals surface area contributed by atoms with E-state index in [1.807, 2.05) is 18.2 Å². The van der Waals surface area contributed by atoms with Crippen molar-refractivity contribution in [3.05, 3.63) is 53.6 Å². The van der Waals surface area contributed by atoms with Crippen molar-refractivity contribution in [1.82, 2.24) is 0 Å². The Morgan fingerprint density at radius 2 is 1.95 bits per heavy atom. The van der Waals surface area contributed by atoms with E-state index in [9.17, 15) is 9.90 Å². The highest BCUT2D eigenvalue weighted by Gasteiger charge is 2.28. The van der Waals surface area contributed by atoms with Gasteiger partial charge in [0.1, 0.15) is 11.5 Å². The monoisotopic (exact) mass is 283 g/mol. The number of amides is 1. The molecule has 2 N–H and O–H groups in total. The molecule has 0 radical (unpaired) electrons. The molecule has 2 aromatic rings. The van der Waals surface area contributed by atoms with Crippen LogP contribution in [0.2, 0.25) is 0 Å². The fourth-order valence-corrected chi connectivity index (χ4v) is 2.57. The summed E-state index contributed by atoms with van der Waals surface area (Å²) in [4.78, 5) is 12.1. The first-order valence-electron chi connectivity index (χ1n) is 7.04. The van der Waals surface area contributed by atoms with E-state index in [-0.39, 0.29) is 11.7 Å². The van der Waals surface area contributed by atoms with Crippen molar-refractivity contribution in [2.45, 2.75) is 25.9 Å². The van der Waals surface area contributed by atoms with Crippen molar-refractivity contribution < 1.29 is 14.6 Å². The largest absolute Gasteiger partial charge is 0.508 e. The van der Waals surface area contributed by atoms with Gasteiger partial charge in [-0.05, 0) is 29.7 Å². The summed E-state index contributed by atoms with van der Waals surface area (Å²) in [7, 11) is 0. The van der Waals surface area contributed by atoms with Crippen LogP contribution in [0.5, 0.6) is 11.5 Å². The average molecular weight is 283 g/mol. The second-order valence-electron chi connectivity index (χ2n) is 5.10. The Bertz CT molecular complexity index is 681. The summed E-state index contributed by atoms with van der Waals surface area (Å²) in [5, 5.41) is 12.3. The number of nitrogens with one attached hydrogen (secondary N) is 1. The molecule has 0 fully saturated rings. The molecule has 1 aliphatic rings. The third-order valence-electron chi connectivity index (χ3n) is 3.69. The molecular weight excluding hydrogens is 266 g/mol. The Balaban J connectivity index is 1.85. The number of hydrogen-bond acceptors (Lipinski definition) is 3. The Hall–Kier alpha value is -2.49. The number of rotatable bonds is 3. The van der Waals surface area contributed by atoms with Gasteiger partial charge in [-0.1, -0.05) is 31.2 Å².